The zero-order valence-electron chi connectivity index (χ0n) is 15.5. The molecule has 27 heavy (non-hydrogen) atoms. The largest absolute Gasteiger partial charge is 0.493 e. The molecule has 2 rings (SSSR count). The predicted molar refractivity (Wildman–Crippen MR) is 102 cm³/mol. The molecule has 1 amide bonds. The third-order valence-corrected chi connectivity index (χ3v) is 4.13. The Morgan fingerprint density at radius 2 is 1.89 bits per heavy atom. The summed E-state index contributed by atoms with van der Waals surface area (Å²) in [6.45, 7) is 3.66. The maximum absolute atomic E-state index is 12.4. The zero-order chi connectivity index (χ0) is 19.8. The molecule has 144 valence electrons. The van der Waals surface area contributed by atoms with E-state index in [1.165, 1.54) is 7.11 Å². The zero-order valence-corrected chi connectivity index (χ0v) is 16.2. The van der Waals surface area contributed by atoms with Crippen molar-refractivity contribution in [2.45, 2.75) is 19.9 Å². The van der Waals surface area contributed by atoms with Crippen molar-refractivity contribution in [3.63, 3.8) is 0 Å². The van der Waals surface area contributed by atoms with Gasteiger partial charge < -0.3 is 19.5 Å². The molecule has 0 heterocycles. The molecule has 0 saturated carbocycles. The van der Waals surface area contributed by atoms with E-state index in [1.54, 1.807) is 49.4 Å². The maximum Gasteiger partial charge on any atom is 0.344 e. The van der Waals surface area contributed by atoms with Gasteiger partial charge in [0.05, 0.1) is 30.3 Å². The first-order valence-electron chi connectivity index (χ1n) is 8.48. The number of halogens is 1. The number of carbonyl (C=O) groups is 2. The second kappa shape index (κ2) is 9.83. The number of hydrogen-bond acceptors (Lipinski definition) is 5. The van der Waals surface area contributed by atoms with Crippen molar-refractivity contribution in [2.75, 3.05) is 20.3 Å². The van der Waals surface area contributed by atoms with Crippen molar-refractivity contribution < 1.29 is 23.8 Å². The fourth-order valence-electron chi connectivity index (χ4n) is 2.42. The molecule has 0 aliphatic heterocycles. The fourth-order valence-corrected chi connectivity index (χ4v) is 2.64. The highest BCUT2D eigenvalue weighted by Gasteiger charge is 2.16. The normalized spacial score (nSPS) is 11.4. The lowest BCUT2D eigenvalue weighted by atomic mass is 10.1. The molecule has 2 aromatic rings. The highest BCUT2D eigenvalue weighted by atomic mass is 35.5. The summed E-state index contributed by atoms with van der Waals surface area (Å²) in [5.74, 6) is 0.147. The topological polar surface area (TPSA) is 73.9 Å². The predicted octanol–water partition coefficient (Wildman–Crippen LogP) is 3.78. The van der Waals surface area contributed by atoms with E-state index in [0.29, 0.717) is 28.7 Å². The first-order chi connectivity index (χ1) is 13.0. The molecule has 0 saturated heterocycles. The summed E-state index contributed by atoms with van der Waals surface area (Å²) in [5.41, 5.74) is 1.23. The lowest BCUT2D eigenvalue weighted by Crippen LogP contribution is -2.26. The standard InChI is InChI=1S/C20H22ClNO5/c1-4-26-19(23)12-27-17-10-9-14(11-18(17)25-3)13(2)22-20(24)15-7-5-6-8-16(15)21/h5-11,13H,4,12H2,1-3H3,(H,22,24)/t13-/m0/s1. The number of rotatable bonds is 8. The van der Waals surface area contributed by atoms with Crippen molar-refractivity contribution in [3.05, 3.63) is 58.6 Å². The summed E-state index contributed by atoms with van der Waals surface area (Å²) in [4.78, 5) is 23.8. The number of carbonyl (C=O) groups excluding carboxylic acids is 2. The van der Waals surface area contributed by atoms with Crippen molar-refractivity contribution in [2.24, 2.45) is 0 Å². The Kier molecular flexibility index (Phi) is 7.49. The first kappa shape index (κ1) is 20.6. The highest BCUT2D eigenvalue weighted by molar-refractivity contribution is 6.33. The quantitative estimate of drug-likeness (QED) is 0.693. The Labute approximate surface area is 163 Å². The average molecular weight is 392 g/mol. The SMILES string of the molecule is CCOC(=O)COc1ccc([C@H](C)NC(=O)c2ccccc2Cl)cc1OC. The lowest BCUT2D eigenvalue weighted by molar-refractivity contribution is -0.145. The van der Waals surface area contributed by atoms with E-state index in [9.17, 15) is 9.59 Å². The minimum atomic E-state index is -0.455. The van der Waals surface area contributed by atoms with E-state index < -0.39 is 5.97 Å². The Balaban J connectivity index is 2.08. The van der Waals surface area contributed by atoms with Gasteiger partial charge in [0.1, 0.15) is 0 Å². The van der Waals surface area contributed by atoms with Crippen molar-refractivity contribution in [1.29, 1.82) is 0 Å². The van der Waals surface area contributed by atoms with Crippen LogP contribution in [0, 0.1) is 0 Å². The third kappa shape index (κ3) is 5.62. The van der Waals surface area contributed by atoms with E-state index in [-0.39, 0.29) is 18.6 Å². The summed E-state index contributed by atoms with van der Waals surface area (Å²) in [6, 6.07) is 11.8. The summed E-state index contributed by atoms with van der Waals surface area (Å²) >= 11 is 6.06. The van der Waals surface area contributed by atoms with Crippen LogP contribution in [-0.2, 0) is 9.53 Å². The van der Waals surface area contributed by atoms with Crippen LogP contribution in [0.25, 0.3) is 0 Å². The van der Waals surface area contributed by atoms with Crippen LogP contribution in [0.5, 0.6) is 11.5 Å². The maximum atomic E-state index is 12.4. The van der Waals surface area contributed by atoms with Crippen LogP contribution in [0.3, 0.4) is 0 Å². The van der Waals surface area contributed by atoms with Gasteiger partial charge >= 0.3 is 5.97 Å². The third-order valence-electron chi connectivity index (χ3n) is 3.80. The van der Waals surface area contributed by atoms with Gasteiger partial charge in [-0.1, -0.05) is 29.8 Å². The van der Waals surface area contributed by atoms with E-state index in [2.05, 4.69) is 5.32 Å². The molecule has 1 N–H and O–H groups in total. The number of hydrogen-bond donors (Lipinski definition) is 1. The molecular formula is C20H22ClNO5. The van der Waals surface area contributed by atoms with Crippen molar-refractivity contribution >= 4 is 23.5 Å². The number of nitrogens with one attached hydrogen (secondary N) is 1. The molecule has 0 radical (unpaired) electrons. The van der Waals surface area contributed by atoms with Gasteiger partial charge in [-0.2, -0.15) is 0 Å². The van der Waals surface area contributed by atoms with Crippen LogP contribution in [-0.4, -0.2) is 32.2 Å². The smallest absolute Gasteiger partial charge is 0.344 e. The summed E-state index contributed by atoms with van der Waals surface area (Å²) in [7, 11) is 1.50. The molecule has 2 aromatic carbocycles. The van der Waals surface area contributed by atoms with Crippen molar-refractivity contribution in [1.82, 2.24) is 5.32 Å². The molecule has 0 fully saturated rings. The number of esters is 1. The van der Waals surface area contributed by atoms with E-state index in [4.69, 9.17) is 25.8 Å². The van der Waals surface area contributed by atoms with Gasteiger partial charge in [0.15, 0.2) is 18.1 Å². The number of ether oxygens (including phenoxy) is 3. The van der Waals surface area contributed by atoms with Crippen molar-refractivity contribution in [3.8, 4) is 11.5 Å². The Bertz CT molecular complexity index is 809. The summed E-state index contributed by atoms with van der Waals surface area (Å²) in [5, 5.41) is 3.29. The molecule has 0 aliphatic rings. The van der Waals surface area contributed by atoms with E-state index in [0.717, 1.165) is 5.56 Å². The summed E-state index contributed by atoms with van der Waals surface area (Å²) in [6.07, 6.45) is 0. The molecule has 0 aromatic heterocycles. The van der Waals surface area contributed by atoms with Gasteiger partial charge in [-0.05, 0) is 43.7 Å². The number of methoxy groups -OCH3 is 1. The fraction of sp³-hybridized carbons (Fsp3) is 0.300. The Morgan fingerprint density at radius 3 is 2.56 bits per heavy atom. The molecule has 0 spiro atoms. The summed E-state index contributed by atoms with van der Waals surface area (Å²) < 4.78 is 15.6. The molecular weight excluding hydrogens is 370 g/mol. The second-order valence-electron chi connectivity index (χ2n) is 5.68. The monoisotopic (exact) mass is 391 g/mol. The van der Waals surface area contributed by atoms with Gasteiger partial charge in [-0.25, -0.2) is 4.79 Å². The van der Waals surface area contributed by atoms with E-state index >= 15 is 0 Å². The number of benzene rings is 2. The van der Waals surface area contributed by atoms with Crippen LogP contribution < -0.4 is 14.8 Å². The minimum Gasteiger partial charge on any atom is -0.493 e. The highest BCUT2D eigenvalue weighted by Crippen LogP contribution is 2.30. The van der Waals surface area contributed by atoms with Gasteiger partial charge in [-0.15, -0.1) is 0 Å². The van der Waals surface area contributed by atoms with Crippen LogP contribution in [0.1, 0.15) is 35.8 Å². The minimum absolute atomic E-state index is 0.206. The van der Waals surface area contributed by atoms with Crippen LogP contribution in [0.2, 0.25) is 5.02 Å². The first-order valence-corrected chi connectivity index (χ1v) is 8.85. The van der Waals surface area contributed by atoms with Crippen LogP contribution in [0.4, 0.5) is 0 Å². The van der Waals surface area contributed by atoms with Crippen LogP contribution >= 0.6 is 11.6 Å². The molecule has 6 nitrogen and oxygen atoms in total. The van der Waals surface area contributed by atoms with E-state index in [1.807, 2.05) is 6.92 Å². The molecule has 7 heteroatoms. The average Bonchev–Trinajstić information content (AvgIpc) is 2.66. The molecule has 0 aliphatic carbocycles. The van der Waals surface area contributed by atoms with Gasteiger partial charge in [0, 0.05) is 0 Å². The Morgan fingerprint density at radius 1 is 1.15 bits per heavy atom. The molecule has 0 bridgehead atoms. The second-order valence-corrected chi connectivity index (χ2v) is 6.09. The van der Waals surface area contributed by atoms with Crippen LogP contribution in [0.15, 0.2) is 42.5 Å². The lowest BCUT2D eigenvalue weighted by Gasteiger charge is -2.17. The molecule has 0 unspecified atom stereocenters. The van der Waals surface area contributed by atoms with Gasteiger partial charge in [-0.3, -0.25) is 4.79 Å². The van der Waals surface area contributed by atoms with Gasteiger partial charge in [0.25, 0.3) is 5.91 Å². The number of amides is 1. The van der Waals surface area contributed by atoms with Gasteiger partial charge in [0.2, 0.25) is 0 Å². The molecule has 1 atom stereocenters. The Hall–Kier alpha value is -2.73.